The molecule has 22 heavy (non-hydrogen) atoms. The van der Waals surface area contributed by atoms with Gasteiger partial charge in [-0.3, -0.25) is 4.79 Å². The minimum Gasteiger partial charge on any atom is -0.360 e. The monoisotopic (exact) mass is 309 g/mol. The summed E-state index contributed by atoms with van der Waals surface area (Å²) in [7, 11) is 2.12. The van der Waals surface area contributed by atoms with Gasteiger partial charge >= 0.3 is 0 Å². The van der Waals surface area contributed by atoms with Crippen molar-refractivity contribution in [3.8, 4) is 0 Å². The standard InChI is InChI=1S/C17H31N3O2/c1-7-10-17(5,12-20(6)9-3)11-18-16(21)15-13(4)14(8-2)22-19-15/h7-12H2,1-6H3,(H,18,21). The smallest absolute Gasteiger partial charge is 0.273 e. The van der Waals surface area contributed by atoms with Gasteiger partial charge in [0.1, 0.15) is 5.76 Å². The molecule has 0 aliphatic carbocycles. The van der Waals surface area contributed by atoms with E-state index in [-0.39, 0.29) is 11.3 Å². The molecule has 1 unspecified atom stereocenters. The number of carbonyl (C=O) groups is 1. The zero-order chi connectivity index (χ0) is 16.8. The Kier molecular flexibility index (Phi) is 7.07. The molecule has 0 aliphatic heterocycles. The predicted octanol–water partition coefficient (Wildman–Crippen LogP) is 3.03. The van der Waals surface area contributed by atoms with Crippen LogP contribution in [0.15, 0.2) is 4.52 Å². The van der Waals surface area contributed by atoms with Crippen LogP contribution in [-0.4, -0.2) is 42.6 Å². The third-order valence-corrected chi connectivity index (χ3v) is 4.28. The van der Waals surface area contributed by atoms with Gasteiger partial charge in [-0.1, -0.05) is 39.3 Å². The molecule has 0 saturated carbocycles. The van der Waals surface area contributed by atoms with Crippen LogP contribution in [0.5, 0.6) is 0 Å². The molecule has 0 bridgehead atoms. The number of nitrogens with one attached hydrogen (secondary N) is 1. The summed E-state index contributed by atoms with van der Waals surface area (Å²) in [6.45, 7) is 13.1. The van der Waals surface area contributed by atoms with Crippen molar-refractivity contribution in [2.45, 2.75) is 53.9 Å². The highest BCUT2D eigenvalue weighted by Gasteiger charge is 2.27. The zero-order valence-electron chi connectivity index (χ0n) is 15.0. The number of nitrogens with zero attached hydrogens (tertiary/aromatic N) is 2. The van der Waals surface area contributed by atoms with Gasteiger partial charge in [0.2, 0.25) is 0 Å². The molecule has 126 valence electrons. The van der Waals surface area contributed by atoms with Crippen molar-refractivity contribution >= 4 is 5.91 Å². The summed E-state index contributed by atoms with van der Waals surface area (Å²) in [6, 6.07) is 0. The summed E-state index contributed by atoms with van der Waals surface area (Å²) in [5.74, 6) is 0.648. The minimum absolute atomic E-state index is 0.0698. The summed E-state index contributed by atoms with van der Waals surface area (Å²) in [6.07, 6.45) is 2.93. The van der Waals surface area contributed by atoms with Crippen molar-refractivity contribution in [2.75, 3.05) is 26.7 Å². The largest absolute Gasteiger partial charge is 0.360 e. The van der Waals surface area contributed by atoms with E-state index in [4.69, 9.17) is 4.52 Å². The lowest BCUT2D eigenvalue weighted by atomic mass is 9.84. The molecule has 1 N–H and O–H groups in total. The molecule has 1 aromatic rings. The van der Waals surface area contributed by atoms with E-state index in [9.17, 15) is 4.79 Å². The van der Waals surface area contributed by atoms with Gasteiger partial charge in [0.25, 0.3) is 5.91 Å². The molecule has 1 heterocycles. The van der Waals surface area contributed by atoms with Crippen molar-refractivity contribution in [2.24, 2.45) is 5.41 Å². The van der Waals surface area contributed by atoms with Gasteiger partial charge in [-0.15, -0.1) is 0 Å². The van der Waals surface area contributed by atoms with E-state index in [1.165, 1.54) is 0 Å². The second kappa shape index (κ2) is 8.32. The highest BCUT2D eigenvalue weighted by molar-refractivity contribution is 5.93. The Morgan fingerprint density at radius 2 is 2.05 bits per heavy atom. The second-order valence-corrected chi connectivity index (χ2v) is 6.51. The molecule has 0 spiro atoms. The molecule has 5 heteroatoms. The molecule has 0 saturated heterocycles. The van der Waals surface area contributed by atoms with Gasteiger partial charge in [-0.05, 0) is 32.4 Å². The van der Waals surface area contributed by atoms with Gasteiger partial charge < -0.3 is 14.7 Å². The van der Waals surface area contributed by atoms with Crippen molar-refractivity contribution in [1.29, 1.82) is 0 Å². The van der Waals surface area contributed by atoms with Crippen molar-refractivity contribution < 1.29 is 9.32 Å². The maximum Gasteiger partial charge on any atom is 0.273 e. The van der Waals surface area contributed by atoms with E-state index < -0.39 is 0 Å². The van der Waals surface area contributed by atoms with E-state index in [0.29, 0.717) is 12.2 Å². The fourth-order valence-corrected chi connectivity index (χ4v) is 2.88. The molecule has 5 nitrogen and oxygen atoms in total. The molecular weight excluding hydrogens is 278 g/mol. The van der Waals surface area contributed by atoms with Crippen LogP contribution >= 0.6 is 0 Å². The van der Waals surface area contributed by atoms with Crippen molar-refractivity contribution in [3.63, 3.8) is 0 Å². The van der Waals surface area contributed by atoms with Gasteiger partial charge in [-0.2, -0.15) is 0 Å². The number of hydrogen-bond acceptors (Lipinski definition) is 4. The first-order chi connectivity index (χ1) is 10.4. The normalized spacial score (nSPS) is 14.1. The summed E-state index contributed by atoms with van der Waals surface area (Å²) in [5, 5.41) is 6.96. The lowest BCUT2D eigenvalue weighted by Gasteiger charge is -2.33. The first-order valence-electron chi connectivity index (χ1n) is 8.28. The lowest BCUT2D eigenvalue weighted by Crippen LogP contribution is -2.43. The Morgan fingerprint density at radius 3 is 2.55 bits per heavy atom. The number of amides is 1. The van der Waals surface area contributed by atoms with Crippen LogP contribution in [0.2, 0.25) is 0 Å². The average Bonchev–Trinajstić information content (AvgIpc) is 2.86. The maximum absolute atomic E-state index is 12.4. The van der Waals surface area contributed by atoms with E-state index >= 15 is 0 Å². The second-order valence-electron chi connectivity index (χ2n) is 6.51. The topological polar surface area (TPSA) is 58.4 Å². The highest BCUT2D eigenvalue weighted by Crippen LogP contribution is 2.24. The summed E-state index contributed by atoms with van der Waals surface area (Å²) < 4.78 is 5.21. The molecule has 0 radical (unpaired) electrons. The molecule has 1 aromatic heterocycles. The summed E-state index contributed by atoms with van der Waals surface area (Å²) in [5.41, 5.74) is 1.34. The third kappa shape index (κ3) is 4.83. The fourth-order valence-electron chi connectivity index (χ4n) is 2.88. The minimum atomic E-state index is -0.137. The van der Waals surface area contributed by atoms with E-state index in [0.717, 1.165) is 43.7 Å². The average molecular weight is 309 g/mol. The molecule has 0 fully saturated rings. The van der Waals surface area contributed by atoms with Crippen LogP contribution in [0.1, 0.15) is 62.3 Å². The number of aryl methyl sites for hydroxylation is 1. The number of hydrogen-bond donors (Lipinski definition) is 1. The van der Waals surface area contributed by atoms with E-state index in [1.54, 1.807) is 0 Å². The predicted molar refractivity (Wildman–Crippen MR) is 89.1 cm³/mol. The molecule has 0 aliphatic rings. The number of rotatable bonds is 9. The Morgan fingerprint density at radius 1 is 1.36 bits per heavy atom. The molecule has 1 amide bonds. The van der Waals surface area contributed by atoms with Gasteiger partial charge in [-0.25, -0.2) is 0 Å². The van der Waals surface area contributed by atoms with Crippen molar-refractivity contribution in [1.82, 2.24) is 15.4 Å². The first kappa shape index (κ1) is 18.7. The molecule has 1 rings (SSSR count). The number of aromatic nitrogens is 1. The maximum atomic E-state index is 12.4. The Labute approximate surface area is 134 Å². The highest BCUT2D eigenvalue weighted by atomic mass is 16.5. The van der Waals surface area contributed by atoms with Crippen LogP contribution in [0, 0.1) is 12.3 Å². The van der Waals surface area contributed by atoms with Crippen LogP contribution in [0.4, 0.5) is 0 Å². The SMILES string of the molecule is CCCC(C)(CNC(=O)c1noc(CC)c1C)CN(C)CC. The first-order valence-corrected chi connectivity index (χ1v) is 8.28. The van der Waals surface area contributed by atoms with Crippen molar-refractivity contribution in [3.05, 3.63) is 17.0 Å². The van der Waals surface area contributed by atoms with Crippen LogP contribution < -0.4 is 5.32 Å². The third-order valence-electron chi connectivity index (χ3n) is 4.28. The zero-order valence-corrected chi connectivity index (χ0v) is 15.0. The number of carbonyl (C=O) groups excluding carboxylic acids is 1. The van der Waals surface area contributed by atoms with E-state index in [1.807, 2.05) is 13.8 Å². The fraction of sp³-hybridized carbons (Fsp3) is 0.765. The summed E-state index contributed by atoms with van der Waals surface area (Å²) in [4.78, 5) is 14.6. The lowest BCUT2D eigenvalue weighted by molar-refractivity contribution is 0.0905. The Bertz CT molecular complexity index is 484. The van der Waals surface area contributed by atoms with Gasteiger partial charge in [0.15, 0.2) is 5.69 Å². The quantitative estimate of drug-likeness (QED) is 0.762. The molecular formula is C17H31N3O2. The molecule has 1 atom stereocenters. The summed E-state index contributed by atoms with van der Waals surface area (Å²) >= 11 is 0. The van der Waals surface area contributed by atoms with Crippen LogP contribution in [-0.2, 0) is 6.42 Å². The van der Waals surface area contributed by atoms with Crippen LogP contribution in [0.3, 0.4) is 0 Å². The van der Waals surface area contributed by atoms with Gasteiger partial charge in [0.05, 0.1) is 0 Å². The van der Waals surface area contributed by atoms with Gasteiger partial charge in [0, 0.05) is 25.1 Å². The Hall–Kier alpha value is -1.36. The molecule has 0 aromatic carbocycles. The Balaban J connectivity index is 2.71. The van der Waals surface area contributed by atoms with Crippen LogP contribution in [0.25, 0.3) is 0 Å². The van der Waals surface area contributed by atoms with E-state index in [2.05, 4.69) is 43.2 Å².